The van der Waals surface area contributed by atoms with Gasteiger partial charge in [0.15, 0.2) is 17.3 Å². The summed E-state index contributed by atoms with van der Waals surface area (Å²) in [5.41, 5.74) is 1.90. The molecule has 0 aromatic carbocycles. The second-order valence-corrected chi connectivity index (χ2v) is 5.81. The molecule has 3 aromatic rings. The number of nitrogens with zero attached hydrogens (tertiary/aromatic N) is 6. The van der Waals surface area contributed by atoms with Crippen molar-refractivity contribution in [2.75, 3.05) is 38.3 Å². The van der Waals surface area contributed by atoms with Crippen molar-refractivity contribution in [2.24, 2.45) is 0 Å². The highest BCUT2D eigenvalue weighted by Crippen LogP contribution is 2.27. The molecule has 9 heteroatoms. The molecule has 0 unspecified atom stereocenters. The minimum absolute atomic E-state index is 0.0522. The number of aromatic nitrogens is 5. The minimum Gasteiger partial charge on any atom is -0.468 e. The number of hydrogen-bond acceptors (Lipinski definition) is 8. The molecule has 1 aliphatic heterocycles. The van der Waals surface area contributed by atoms with Crippen molar-refractivity contribution in [1.29, 1.82) is 0 Å². The summed E-state index contributed by atoms with van der Waals surface area (Å²) >= 11 is 0. The molecule has 134 valence electrons. The van der Waals surface area contributed by atoms with Crippen LogP contribution in [0.2, 0.25) is 0 Å². The number of anilines is 1. The fourth-order valence-corrected chi connectivity index (χ4v) is 2.89. The van der Waals surface area contributed by atoms with Crippen LogP contribution < -0.4 is 4.90 Å². The van der Waals surface area contributed by atoms with E-state index in [-0.39, 0.29) is 12.5 Å². The quantitative estimate of drug-likeness (QED) is 0.638. The van der Waals surface area contributed by atoms with Crippen molar-refractivity contribution in [3.05, 3.63) is 30.7 Å². The highest BCUT2D eigenvalue weighted by atomic mass is 16.5. The molecule has 26 heavy (non-hydrogen) atoms. The molecule has 1 saturated heterocycles. The van der Waals surface area contributed by atoms with Crippen molar-refractivity contribution in [3.63, 3.8) is 0 Å². The Hall–Kier alpha value is -3.07. The average Bonchev–Trinajstić information content (AvgIpc) is 3.11. The first-order chi connectivity index (χ1) is 12.8. The lowest BCUT2D eigenvalue weighted by Gasteiger charge is -2.28. The van der Waals surface area contributed by atoms with Crippen LogP contribution in [0, 0.1) is 0 Å². The molecule has 0 amide bonds. The maximum absolute atomic E-state index is 11.7. The van der Waals surface area contributed by atoms with Gasteiger partial charge in [0.25, 0.3) is 0 Å². The Labute approximate surface area is 149 Å². The van der Waals surface area contributed by atoms with Crippen LogP contribution in [-0.4, -0.2) is 63.9 Å². The van der Waals surface area contributed by atoms with Crippen LogP contribution in [0.1, 0.15) is 0 Å². The van der Waals surface area contributed by atoms with Crippen LogP contribution in [0.15, 0.2) is 30.7 Å². The second-order valence-electron chi connectivity index (χ2n) is 5.81. The maximum atomic E-state index is 11.7. The molecule has 0 saturated carbocycles. The van der Waals surface area contributed by atoms with Crippen molar-refractivity contribution < 1.29 is 14.3 Å². The van der Waals surface area contributed by atoms with Gasteiger partial charge in [0.05, 0.1) is 26.7 Å². The first kappa shape index (κ1) is 16.4. The number of ether oxygens (including phenoxy) is 2. The minimum atomic E-state index is -0.356. The number of carbonyl (C=O) groups is 1. The summed E-state index contributed by atoms with van der Waals surface area (Å²) in [6, 6.07) is 5.59. The summed E-state index contributed by atoms with van der Waals surface area (Å²) in [6.07, 6.45) is 3.29. The predicted molar refractivity (Wildman–Crippen MR) is 93.6 cm³/mol. The summed E-state index contributed by atoms with van der Waals surface area (Å²) in [5.74, 6) is 0.870. The lowest BCUT2D eigenvalue weighted by atomic mass is 10.3. The van der Waals surface area contributed by atoms with E-state index in [0.717, 1.165) is 5.82 Å². The second kappa shape index (κ2) is 7.04. The molecule has 0 bridgehead atoms. The van der Waals surface area contributed by atoms with Gasteiger partial charge in [0.1, 0.15) is 17.8 Å². The standard InChI is InChI=1S/C17H18N6O3/c1-25-13(24)10-23-11-19-16-14(23)17(22-6-8-26-9-7-22)21-15(20-16)12-4-2-3-5-18-12/h2-5,11H,6-10H2,1H3. The van der Waals surface area contributed by atoms with Gasteiger partial charge in [-0.1, -0.05) is 6.07 Å². The molecule has 0 N–H and O–H groups in total. The fraction of sp³-hybridized carbons (Fsp3) is 0.353. The Morgan fingerprint density at radius 3 is 2.81 bits per heavy atom. The highest BCUT2D eigenvalue weighted by Gasteiger charge is 2.22. The van der Waals surface area contributed by atoms with Crippen LogP contribution in [-0.2, 0) is 20.8 Å². The highest BCUT2D eigenvalue weighted by molar-refractivity contribution is 5.87. The zero-order valence-electron chi connectivity index (χ0n) is 14.3. The zero-order chi connectivity index (χ0) is 17.9. The molecule has 0 spiro atoms. The summed E-state index contributed by atoms with van der Waals surface area (Å²) < 4.78 is 11.9. The maximum Gasteiger partial charge on any atom is 0.325 e. The molecule has 9 nitrogen and oxygen atoms in total. The molecule has 4 heterocycles. The summed E-state index contributed by atoms with van der Waals surface area (Å²) in [4.78, 5) is 31.8. The third-order valence-electron chi connectivity index (χ3n) is 4.19. The van der Waals surface area contributed by atoms with Crippen LogP contribution in [0.3, 0.4) is 0 Å². The third-order valence-corrected chi connectivity index (χ3v) is 4.19. The molecular formula is C17H18N6O3. The first-order valence-electron chi connectivity index (χ1n) is 8.30. The van der Waals surface area contributed by atoms with Gasteiger partial charge >= 0.3 is 5.97 Å². The average molecular weight is 354 g/mol. The molecule has 1 fully saturated rings. The number of fused-ring (bicyclic) bond motifs is 1. The Bertz CT molecular complexity index is 921. The number of rotatable bonds is 4. The summed E-state index contributed by atoms with van der Waals surface area (Å²) in [5, 5.41) is 0. The Kier molecular flexibility index (Phi) is 4.44. The number of esters is 1. The predicted octanol–water partition coefficient (Wildman–Crippen LogP) is 0.898. The number of imidazole rings is 1. The normalized spacial score (nSPS) is 14.6. The lowest BCUT2D eigenvalue weighted by molar-refractivity contribution is -0.141. The van der Waals surface area contributed by atoms with Crippen LogP contribution in [0.4, 0.5) is 5.82 Å². The number of morpholine rings is 1. The van der Waals surface area contributed by atoms with E-state index in [2.05, 4.69) is 19.9 Å². The van der Waals surface area contributed by atoms with Gasteiger partial charge < -0.3 is 18.9 Å². The van der Waals surface area contributed by atoms with Gasteiger partial charge in [-0.15, -0.1) is 0 Å². The van der Waals surface area contributed by atoms with Gasteiger partial charge in [-0.3, -0.25) is 9.78 Å². The number of hydrogen-bond donors (Lipinski definition) is 0. The van der Waals surface area contributed by atoms with Crippen LogP contribution in [0.25, 0.3) is 22.7 Å². The van der Waals surface area contributed by atoms with E-state index in [1.807, 2.05) is 18.2 Å². The number of pyridine rings is 1. The van der Waals surface area contributed by atoms with Gasteiger partial charge in [-0.05, 0) is 12.1 Å². The van der Waals surface area contributed by atoms with Crippen molar-refractivity contribution >= 4 is 23.0 Å². The number of carbonyl (C=O) groups excluding carboxylic acids is 1. The molecule has 4 rings (SSSR count). The number of methoxy groups -OCH3 is 1. The van der Waals surface area contributed by atoms with E-state index >= 15 is 0 Å². The van der Waals surface area contributed by atoms with Gasteiger partial charge in [0, 0.05) is 19.3 Å². The largest absolute Gasteiger partial charge is 0.468 e. The van der Waals surface area contributed by atoms with Crippen molar-refractivity contribution in [1.82, 2.24) is 24.5 Å². The molecule has 0 atom stereocenters. The fourth-order valence-electron chi connectivity index (χ4n) is 2.89. The van der Waals surface area contributed by atoms with E-state index in [4.69, 9.17) is 14.5 Å². The zero-order valence-corrected chi connectivity index (χ0v) is 14.3. The Balaban J connectivity index is 1.86. The lowest BCUT2D eigenvalue weighted by Crippen LogP contribution is -2.37. The SMILES string of the molecule is COC(=O)Cn1cnc2nc(-c3ccccn3)nc(N3CCOCC3)c21. The van der Waals surface area contributed by atoms with Crippen LogP contribution >= 0.6 is 0 Å². The van der Waals surface area contributed by atoms with E-state index < -0.39 is 0 Å². The Morgan fingerprint density at radius 2 is 2.08 bits per heavy atom. The van der Waals surface area contributed by atoms with E-state index in [0.29, 0.717) is 49.0 Å². The first-order valence-corrected chi connectivity index (χ1v) is 8.30. The van der Waals surface area contributed by atoms with Gasteiger partial charge in [-0.2, -0.15) is 0 Å². The van der Waals surface area contributed by atoms with E-state index in [9.17, 15) is 4.79 Å². The topological polar surface area (TPSA) is 95.3 Å². The van der Waals surface area contributed by atoms with Crippen LogP contribution in [0.5, 0.6) is 0 Å². The third kappa shape index (κ3) is 3.08. The molecule has 0 aliphatic carbocycles. The monoisotopic (exact) mass is 354 g/mol. The Morgan fingerprint density at radius 1 is 1.23 bits per heavy atom. The van der Waals surface area contributed by atoms with Crippen molar-refractivity contribution in [3.8, 4) is 11.5 Å². The molecule has 0 radical (unpaired) electrons. The van der Waals surface area contributed by atoms with Crippen molar-refractivity contribution in [2.45, 2.75) is 6.54 Å². The summed E-state index contributed by atoms with van der Waals surface area (Å²) in [7, 11) is 1.36. The smallest absolute Gasteiger partial charge is 0.325 e. The van der Waals surface area contributed by atoms with E-state index in [1.165, 1.54) is 7.11 Å². The van der Waals surface area contributed by atoms with Gasteiger partial charge in [0.2, 0.25) is 0 Å². The summed E-state index contributed by atoms with van der Waals surface area (Å²) in [6.45, 7) is 2.70. The molecule has 3 aromatic heterocycles. The molecule has 1 aliphatic rings. The van der Waals surface area contributed by atoms with Gasteiger partial charge in [-0.25, -0.2) is 15.0 Å². The van der Waals surface area contributed by atoms with E-state index in [1.54, 1.807) is 17.1 Å². The molecular weight excluding hydrogens is 336 g/mol.